The Balaban J connectivity index is 2.73. The van der Waals surface area contributed by atoms with Gasteiger partial charge in [0.25, 0.3) is 0 Å². The molecule has 0 radical (unpaired) electrons. The van der Waals surface area contributed by atoms with Gasteiger partial charge in [-0.25, -0.2) is 0 Å². The number of nitrogens with one attached hydrogen (secondary N) is 1. The van der Waals surface area contributed by atoms with Gasteiger partial charge in [0.2, 0.25) is 0 Å². The predicted octanol–water partition coefficient (Wildman–Crippen LogP) is 2.04. The molecule has 21 heavy (non-hydrogen) atoms. The molecule has 7 nitrogen and oxygen atoms in total. The summed E-state index contributed by atoms with van der Waals surface area (Å²) in [6.07, 6.45) is 1.06. The third kappa shape index (κ3) is 5.78. The highest BCUT2D eigenvalue weighted by Crippen LogP contribution is 2.28. The summed E-state index contributed by atoms with van der Waals surface area (Å²) in [5.74, 6) is -0.252. The summed E-state index contributed by atoms with van der Waals surface area (Å²) in [5.41, 5.74) is 0.779. The monoisotopic (exact) mass is 296 g/mol. The Morgan fingerprint density at radius 2 is 2.19 bits per heavy atom. The molecule has 1 aromatic rings. The van der Waals surface area contributed by atoms with Gasteiger partial charge in [0.1, 0.15) is 0 Å². The van der Waals surface area contributed by atoms with Crippen LogP contribution >= 0.6 is 0 Å². The summed E-state index contributed by atoms with van der Waals surface area (Å²) in [6.45, 7) is 3.58. The van der Waals surface area contributed by atoms with E-state index < -0.39 is 10.9 Å². The van der Waals surface area contributed by atoms with Crippen molar-refractivity contribution >= 4 is 11.7 Å². The third-order valence-corrected chi connectivity index (χ3v) is 2.77. The number of hydrogen-bond donors (Lipinski definition) is 1. The molecule has 0 unspecified atom stereocenters. The van der Waals surface area contributed by atoms with Gasteiger partial charge >= 0.3 is 11.7 Å². The van der Waals surface area contributed by atoms with Crippen molar-refractivity contribution < 1.29 is 19.2 Å². The number of methoxy groups -OCH3 is 1. The molecule has 7 heteroatoms. The standard InChI is InChI=1S/C14H20N2O5/c1-3-7-15-10-11-4-5-12(16(18)19)13(9-11)21-8-6-14(17)20-2/h4-5,9,15H,3,6-8,10H2,1-2H3. The van der Waals surface area contributed by atoms with Gasteiger partial charge in [0, 0.05) is 12.6 Å². The van der Waals surface area contributed by atoms with E-state index in [1.165, 1.54) is 13.2 Å². The SMILES string of the molecule is CCCNCc1ccc([N+](=O)[O-])c(OCCC(=O)OC)c1. The number of nitrogens with zero attached hydrogens (tertiary/aromatic N) is 1. The van der Waals surface area contributed by atoms with Crippen LogP contribution in [0, 0.1) is 10.1 Å². The Kier molecular flexibility index (Phi) is 7.17. The van der Waals surface area contributed by atoms with Crippen LogP contribution in [0.1, 0.15) is 25.3 Å². The van der Waals surface area contributed by atoms with Crippen molar-refractivity contribution in [3.05, 3.63) is 33.9 Å². The van der Waals surface area contributed by atoms with Crippen LogP contribution in [0.15, 0.2) is 18.2 Å². The minimum atomic E-state index is -0.503. The molecule has 0 aliphatic rings. The first kappa shape index (κ1) is 16.9. The number of carbonyl (C=O) groups excluding carboxylic acids is 1. The highest BCUT2D eigenvalue weighted by Gasteiger charge is 2.16. The fourth-order valence-electron chi connectivity index (χ4n) is 1.69. The molecular weight excluding hydrogens is 276 g/mol. The maximum Gasteiger partial charge on any atom is 0.310 e. The minimum Gasteiger partial charge on any atom is -0.486 e. The Morgan fingerprint density at radius 3 is 2.81 bits per heavy atom. The van der Waals surface area contributed by atoms with E-state index >= 15 is 0 Å². The summed E-state index contributed by atoms with van der Waals surface area (Å²) in [5, 5.41) is 14.2. The van der Waals surface area contributed by atoms with E-state index in [0.29, 0.717) is 6.54 Å². The van der Waals surface area contributed by atoms with E-state index in [-0.39, 0.29) is 24.5 Å². The summed E-state index contributed by atoms with van der Waals surface area (Å²) >= 11 is 0. The van der Waals surface area contributed by atoms with Crippen LogP contribution in [0.5, 0.6) is 5.75 Å². The van der Waals surface area contributed by atoms with Crippen LogP contribution < -0.4 is 10.1 Å². The number of rotatable bonds is 9. The van der Waals surface area contributed by atoms with Gasteiger partial charge in [-0.1, -0.05) is 13.0 Å². The first-order chi connectivity index (χ1) is 10.1. The zero-order valence-electron chi connectivity index (χ0n) is 12.3. The number of benzene rings is 1. The maximum atomic E-state index is 11.0. The van der Waals surface area contributed by atoms with Crippen molar-refractivity contribution in [3.8, 4) is 5.75 Å². The summed E-state index contributed by atoms with van der Waals surface area (Å²) in [7, 11) is 1.28. The fraction of sp³-hybridized carbons (Fsp3) is 0.500. The molecule has 0 fully saturated rings. The minimum absolute atomic E-state index is 0.0410. The molecule has 0 saturated carbocycles. The molecule has 0 amide bonds. The van der Waals surface area contributed by atoms with Gasteiger partial charge < -0.3 is 14.8 Å². The molecule has 0 spiro atoms. The first-order valence-corrected chi connectivity index (χ1v) is 6.76. The third-order valence-electron chi connectivity index (χ3n) is 2.77. The lowest BCUT2D eigenvalue weighted by molar-refractivity contribution is -0.385. The summed E-state index contributed by atoms with van der Waals surface area (Å²) in [6, 6.07) is 4.72. The van der Waals surface area contributed by atoms with Gasteiger partial charge in [0.05, 0.1) is 25.1 Å². The molecule has 1 aromatic carbocycles. The van der Waals surface area contributed by atoms with Crippen molar-refractivity contribution in [2.24, 2.45) is 0 Å². The molecule has 0 saturated heterocycles. The second kappa shape index (κ2) is 8.91. The maximum absolute atomic E-state index is 11.0. The van der Waals surface area contributed by atoms with Gasteiger partial charge in [-0.15, -0.1) is 0 Å². The lowest BCUT2D eigenvalue weighted by Crippen LogP contribution is -2.14. The zero-order chi connectivity index (χ0) is 15.7. The van der Waals surface area contributed by atoms with Crippen molar-refractivity contribution in [1.29, 1.82) is 0 Å². The number of esters is 1. The van der Waals surface area contributed by atoms with Gasteiger partial charge in [-0.05, 0) is 24.6 Å². The summed E-state index contributed by atoms with van der Waals surface area (Å²) < 4.78 is 9.84. The van der Waals surface area contributed by atoms with E-state index in [0.717, 1.165) is 18.5 Å². The molecule has 0 aromatic heterocycles. The van der Waals surface area contributed by atoms with Crippen LogP contribution in [-0.4, -0.2) is 31.2 Å². The average molecular weight is 296 g/mol. The van der Waals surface area contributed by atoms with E-state index in [2.05, 4.69) is 17.0 Å². The molecule has 0 atom stereocenters. The topological polar surface area (TPSA) is 90.7 Å². The lowest BCUT2D eigenvalue weighted by Gasteiger charge is -2.09. The van der Waals surface area contributed by atoms with Gasteiger partial charge in [-0.2, -0.15) is 0 Å². The Morgan fingerprint density at radius 1 is 1.43 bits per heavy atom. The average Bonchev–Trinajstić information content (AvgIpc) is 2.47. The number of nitro benzene ring substituents is 1. The normalized spacial score (nSPS) is 10.2. The van der Waals surface area contributed by atoms with Crippen molar-refractivity contribution in [1.82, 2.24) is 5.32 Å². The molecule has 0 aliphatic carbocycles. The zero-order valence-corrected chi connectivity index (χ0v) is 12.3. The smallest absolute Gasteiger partial charge is 0.310 e. The largest absolute Gasteiger partial charge is 0.486 e. The Hall–Kier alpha value is -2.15. The van der Waals surface area contributed by atoms with Gasteiger partial charge in [-0.3, -0.25) is 14.9 Å². The Bertz CT molecular complexity index is 490. The second-order valence-corrected chi connectivity index (χ2v) is 4.41. The van der Waals surface area contributed by atoms with Crippen LogP contribution in [0.25, 0.3) is 0 Å². The number of nitro groups is 1. The second-order valence-electron chi connectivity index (χ2n) is 4.41. The van der Waals surface area contributed by atoms with Crippen LogP contribution in [0.4, 0.5) is 5.69 Å². The van der Waals surface area contributed by atoms with Crippen molar-refractivity contribution in [3.63, 3.8) is 0 Å². The van der Waals surface area contributed by atoms with E-state index in [1.54, 1.807) is 12.1 Å². The lowest BCUT2D eigenvalue weighted by atomic mass is 10.2. The molecule has 1 rings (SSSR count). The van der Waals surface area contributed by atoms with Crippen LogP contribution in [-0.2, 0) is 16.1 Å². The highest BCUT2D eigenvalue weighted by molar-refractivity contribution is 5.69. The fourth-order valence-corrected chi connectivity index (χ4v) is 1.69. The highest BCUT2D eigenvalue weighted by atomic mass is 16.6. The molecule has 0 heterocycles. The van der Waals surface area contributed by atoms with Gasteiger partial charge in [0.15, 0.2) is 5.75 Å². The molecule has 0 aliphatic heterocycles. The molecule has 116 valence electrons. The quantitative estimate of drug-likeness (QED) is 0.324. The van der Waals surface area contributed by atoms with Crippen molar-refractivity contribution in [2.45, 2.75) is 26.3 Å². The van der Waals surface area contributed by atoms with Crippen LogP contribution in [0.3, 0.4) is 0 Å². The number of carbonyl (C=O) groups is 1. The predicted molar refractivity (Wildman–Crippen MR) is 77.2 cm³/mol. The molecule has 1 N–H and O–H groups in total. The summed E-state index contributed by atoms with van der Waals surface area (Å²) in [4.78, 5) is 21.5. The van der Waals surface area contributed by atoms with E-state index in [4.69, 9.17) is 4.74 Å². The molecular formula is C14H20N2O5. The molecule has 0 bridgehead atoms. The van der Waals surface area contributed by atoms with Crippen molar-refractivity contribution in [2.75, 3.05) is 20.3 Å². The Labute approximate surface area is 123 Å². The first-order valence-electron chi connectivity index (χ1n) is 6.76. The number of ether oxygens (including phenoxy) is 2. The van der Waals surface area contributed by atoms with E-state index in [1.807, 2.05) is 0 Å². The van der Waals surface area contributed by atoms with Crippen LogP contribution in [0.2, 0.25) is 0 Å². The van der Waals surface area contributed by atoms with E-state index in [9.17, 15) is 14.9 Å². The number of hydrogen-bond acceptors (Lipinski definition) is 6.